The second-order valence-corrected chi connectivity index (χ2v) is 5.81. The van der Waals surface area contributed by atoms with Gasteiger partial charge in [0.2, 0.25) is 17.7 Å². The van der Waals surface area contributed by atoms with Crippen LogP contribution in [0.25, 0.3) is 0 Å². The molecule has 3 atom stereocenters. The number of hydrogen-bond acceptors (Lipinski definition) is 4. The molecule has 0 bridgehead atoms. The van der Waals surface area contributed by atoms with Crippen molar-refractivity contribution in [2.75, 3.05) is 0 Å². The quantitative estimate of drug-likeness (QED) is 0.628. The van der Waals surface area contributed by atoms with Gasteiger partial charge in [-0.1, -0.05) is 19.1 Å². The first-order chi connectivity index (χ1) is 11.7. The third-order valence-electron chi connectivity index (χ3n) is 3.63. The van der Waals surface area contributed by atoms with Gasteiger partial charge in [-0.25, -0.2) is 4.39 Å². The van der Waals surface area contributed by atoms with E-state index in [9.17, 15) is 18.8 Å². The Bertz CT molecular complexity index is 669. The zero-order chi connectivity index (χ0) is 19.0. The standard InChI is InChI=1S/C17H21FN4O3/c1-10(7-8-19)15(16(20)24)22-17(25)14(21-11(2)23)9-12-3-5-13(18)6-4-12/h3-6,10,14-15H,7,9H2,1-2H3,(H2,20,24)(H,21,23)(H,22,25)/t10-,14-,15+/m1/s1. The molecule has 1 aromatic rings. The molecule has 8 heteroatoms. The summed E-state index contributed by atoms with van der Waals surface area (Å²) < 4.78 is 13.0. The van der Waals surface area contributed by atoms with Crippen molar-refractivity contribution in [3.8, 4) is 6.07 Å². The Balaban J connectivity index is 2.91. The molecule has 0 fully saturated rings. The number of rotatable bonds is 8. The van der Waals surface area contributed by atoms with Gasteiger partial charge in [-0.05, 0) is 23.6 Å². The van der Waals surface area contributed by atoms with Crippen LogP contribution in [0.15, 0.2) is 24.3 Å². The summed E-state index contributed by atoms with van der Waals surface area (Å²) in [6, 6.07) is 5.43. The van der Waals surface area contributed by atoms with E-state index in [1.54, 1.807) is 6.92 Å². The van der Waals surface area contributed by atoms with Crippen LogP contribution in [0.4, 0.5) is 4.39 Å². The molecule has 3 amide bonds. The number of halogens is 1. The van der Waals surface area contributed by atoms with Crippen LogP contribution in [0.2, 0.25) is 0 Å². The first-order valence-electron chi connectivity index (χ1n) is 7.72. The molecule has 0 aromatic heterocycles. The van der Waals surface area contributed by atoms with Crippen molar-refractivity contribution in [2.45, 2.75) is 38.8 Å². The van der Waals surface area contributed by atoms with Crippen molar-refractivity contribution in [1.29, 1.82) is 5.26 Å². The summed E-state index contributed by atoms with van der Waals surface area (Å²) in [4.78, 5) is 35.4. The molecule has 25 heavy (non-hydrogen) atoms. The molecule has 0 aliphatic rings. The summed E-state index contributed by atoms with van der Waals surface area (Å²) in [5, 5.41) is 13.7. The topological polar surface area (TPSA) is 125 Å². The summed E-state index contributed by atoms with van der Waals surface area (Å²) in [5.74, 6) is -2.69. The molecule has 0 radical (unpaired) electrons. The van der Waals surface area contributed by atoms with Crippen molar-refractivity contribution >= 4 is 17.7 Å². The number of nitrogens with zero attached hydrogens (tertiary/aromatic N) is 1. The second kappa shape index (κ2) is 9.37. The van der Waals surface area contributed by atoms with Crippen molar-refractivity contribution in [3.63, 3.8) is 0 Å². The van der Waals surface area contributed by atoms with Crippen LogP contribution in [0, 0.1) is 23.1 Å². The molecule has 7 nitrogen and oxygen atoms in total. The Morgan fingerprint density at radius 1 is 1.24 bits per heavy atom. The lowest BCUT2D eigenvalue weighted by molar-refractivity contribution is -0.131. The fourth-order valence-electron chi connectivity index (χ4n) is 2.32. The molecule has 0 unspecified atom stereocenters. The lowest BCUT2D eigenvalue weighted by atomic mass is 9.97. The van der Waals surface area contributed by atoms with Crippen LogP contribution in [0.3, 0.4) is 0 Å². The Hall–Kier alpha value is -2.95. The minimum atomic E-state index is -1.03. The zero-order valence-electron chi connectivity index (χ0n) is 14.1. The van der Waals surface area contributed by atoms with E-state index in [1.165, 1.54) is 31.2 Å². The maximum absolute atomic E-state index is 13.0. The summed E-state index contributed by atoms with van der Waals surface area (Å²) in [5.41, 5.74) is 5.93. The van der Waals surface area contributed by atoms with Gasteiger partial charge in [0, 0.05) is 19.8 Å². The average molecular weight is 348 g/mol. The van der Waals surface area contributed by atoms with Crippen LogP contribution in [-0.4, -0.2) is 29.8 Å². The minimum Gasteiger partial charge on any atom is -0.368 e. The Labute approximate surface area is 145 Å². The highest BCUT2D eigenvalue weighted by Gasteiger charge is 2.28. The Kier molecular flexibility index (Phi) is 7.53. The van der Waals surface area contributed by atoms with E-state index >= 15 is 0 Å². The Morgan fingerprint density at radius 2 is 1.84 bits per heavy atom. The number of primary amides is 1. The molecule has 0 aliphatic carbocycles. The third kappa shape index (κ3) is 6.59. The fourth-order valence-corrected chi connectivity index (χ4v) is 2.32. The fraction of sp³-hybridized carbons (Fsp3) is 0.412. The minimum absolute atomic E-state index is 0.0383. The smallest absolute Gasteiger partial charge is 0.243 e. The molecule has 4 N–H and O–H groups in total. The molecule has 0 aliphatic heterocycles. The van der Waals surface area contributed by atoms with Gasteiger partial charge in [-0.3, -0.25) is 14.4 Å². The van der Waals surface area contributed by atoms with Gasteiger partial charge in [-0.2, -0.15) is 5.26 Å². The van der Waals surface area contributed by atoms with E-state index in [0.29, 0.717) is 5.56 Å². The van der Waals surface area contributed by atoms with Crippen LogP contribution in [0.5, 0.6) is 0 Å². The number of nitriles is 1. The normalized spacial score (nSPS) is 13.8. The summed E-state index contributed by atoms with van der Waals surface area (Å²) in [6.07, 6.45) is 0.153. The second-order valence-electron chi connectivity index (χ2n) is 5.81. The van der Waals surface area contributed by atoms with Crippen LogP contribution >= 0.6 is 0 Å². The predicted molar refractivity (Wildman–Crippen MR) is 88.2 cm³/mol. The number of nitrogens with two attached hydrogens (primary N) is 1. The average Bonchev–Trinajstić information content (AvgIpc) is 2.53. The molecule has 0 spiro atoms. The molecule has 134 valence electrons. The van der Waals surface area contributed by atoms with Crippen molar-refractivity contribution < 1.29 is 18.8 Å². The number of carbonyl (C=O) groups excluding carboxylic acids is 3. The number of nitrogens with one attached hydrogen (secondary N) is 2. The molecule has 1 rings (SSSR count). The van der Waals surface area contributed by atoms with Gasteiger partial charge in [0.15, 0.2) is 0 Å². The first-order valence-corrected chi connectivity index (χ1v) is 7.72. The van der Waals surface area contributed by atoms with Crippen molar-refractivity contribution in [2.24, 2.45) is 11.7 Å². The van der Waals surface area contributed by atoms with Gasteiger partial charge in [0.05, 0.1) is 6.07 Å². The van der Waals surface area contributed by atoms with E-state index in [2.05, 4.69) is 10.6 Å². The van der Waals surface area contributed by atoms with Crippen LogP contribution in [0.1, 0.15) is 25.8 Å². The van der Waals surface area contributed by atoms with E-state index in [1.807, 2.05) is 6.07 Å². The lowest BCUT2D eigenvalue weighted by Gasteiger charge is -2.24. The molecule has 0 saturated carbocycles. The SMILES string of the molecule is CC(=O)N[C@H](Cc1ccc(F)cc1)C(=O)N[C@H](C(N)=O)[C@H](C)CC#N. The molecule has 1 aromatic carbocycles. The molecular formula is C17H21FN4O3. The van der Waals surface area contributed by atoms with Gasteiger partial charge in [0.25, 0.3) is 0 Å². The number of carbonyl (C=O) groups is 3. The lowest BCUT2D eigenvalue weighted by Crippen LogP contribution is -2.55. The van der Waals surface area contributed by atoms with E-state index in [4.69, 9.17) is 11.0 Å². The summed E-state index contributed by atoms with van der Waals surface area (Å²) in [7, 11) is 0. The van der Waals surface area contributed by atoms with E-state index < -0.39 is 41.5 Å². The maximum atomic E-state index is 13.0. The van der Waals surface area contributed by atoms with E-state index in [0.717, 1.165) is 0 Å². The van der Waals surface area contributed by atoms with E-state index in [-0.39, 0.29) is 12.8 Å². The highest BCUT2D eigenvalue weighted by atomic mass is 19.1. The Morgan fingerprint density at radius 3 is 2.32 bits per heavy atom. The van der Waals surface area contributed by atoms with Gasteiger partial charge in [-0.15, -0.1) is 0 Å². The van der Waals surface area contributed by atoms with Gasteiger partial charge in [0.1, 0.15) is 17.9 Å². The monoisotopic (exact) mass is 348 g/mol. The molecular weight excluding hydrogens is 327 g/mol. The predicted octanol–water partition coefficient (Wildman–Crippen LogP) is 0.393. The highest BCUT2D eigenvalue weighted by Crippen LogP contribution is 2.10. The first kappa shape index (κ1) is 20.1. The highest BCUT2D eigenvalue weighted by molar-refractivity contribution is 5.91. The van der Waals surface area contributed by atoms with Crippen LogP contribution < -0.4 is 16.4 Å². The zero-order valence-corrected chi connectivity index (χ0v) is 14.1. The van der Waals surface area contributed by atoms with Crippen molar-refractivity contribution in [3.05, 3.63) is 35.6 Å². The number of amides is 3. The van der Waals surface area contributed by atoms with Crippen LogP contribution in [-0.2, 0) is 20.8 Å². The summed E-state index contributed by atoms with van der Waals surface area (Å²) in [6.45, 7) is 2.88. The number of hydrogen-bond donors (Lipinski definition) is 3. The third-order valence-corrected chi connectivity index (χ3v) is 3.63. The largest absolute Gasteiger partial charge is 0.368 e. The maximum Gasteiger partial charge on any atom is 0.243 e. The van der Waals surface area contributed by atoms with Gasteiger partial charge >= 0.3 is 0 Å². The molecule has 0 saturated heterocycles. The number of benzene rings is 1. The van der Waals surface area contributed by atoms with Crippen molar-refractivity contribution in [1.82, 2.24) is 10.6 Å². The van der Waals surface area contributed by atoms with Gasteiger partial charge < -0.3 is 16.4 Å². The molecule has 0 heterocycles. The summed E-state index contributed by atoms with van der Waals surface area (Å²) >= 11 is 0.